The molecule has 0 aromatic heterocycles. The van der Waals surface area contributed by atoms with Crippen molar-refractivity contribution in [3.8, 4) is 0 Å². The van der Waals surface area contributed by atoms with Gasteiger partial charge in [-0.15, -0.1) is 0 Å². The minimum absolute atomic E-state index is 0.355. The summed E-state index contributed by atoms with van der Waals surface area (Å²) in [5, 5.41) is 3.50. The molecule has 1 heterocycles. The maximum Gasteiger partial charge on any atom is 0.0379 e. The smallest absolute Gasteiger partial charge is 0.0379 e. The Balaban J connectivity index is 2.41. The number of hydrogen-bond donors (Lipinski definition) is 1. The molecule has 1 aliphatic rings. The van der Waals surface area contributed by atoms with E-state index in [0.29, 0.717) is 11.3 Å². The normalized spacial score (nSPS) is 20.4. The van der Waals surface area contributed by atoms with Crippen molar-refractivity contribution in [2.75, 3.05) is 11.9 Å². The Labute approximate surface area is 86.5 Å². The van der Waals surface area contributed by atoms with E-state index in [1.807, 2.05) is 0 Å². The molecule has 1 aromatic carbocycles. The molecular formula is C13H19N. The van der Waals surface area contributed by atoms with Crippen molar-refractivity contribution >= 4 is 5.69 Å². The number of benzene rings is 1. The zero-order valence-electron chi connectivity index (χ0n) is 9.52. The van der Waals surface area contributed by atoms with Gasteiger partial charge in [-0.05, 0) is 29.5 Å². The molecule has 0 saturated heterocycles. The highest BCUT2D eigenvalue weighted by Gasteiger charge is 2.31. The maximum atomic E-state index is 3.50. The monoisotopic (exact) mass is 189 g/mol. The fraction of sp³-hybridized carbons (Fsp3) is 0.538. The lowest BCUT2D eigenvalue weighted by molar-refractivity contribution is 0.339. The van der Waals surface area contributed by atoms with E-state index in [4.69, 9.17) is 0 Å². The second kappa shape index (κ2) is 3.01. The standard InChI is InChI=1S/C13H19N/c1-9-5-6-10-11(13(2,3)4)8-14-12(10)7-9/h5-7,11,14H,8H2,1-4H3. The van der Waals surface area contributed by atoms with Gasteiger partial charge in [-0.25, -0.2) is 0 Å². The molecule has 76 valence electrons. The SMILES string of the molecule is Cc1ccc2c(c1)NCC2C(C)(C)C. The van der Waals surface area contributed by atoms with E-state index in [0.717, 1.165) is 6.54 Å². The average molecular weight is 189 g/mol. The molecule has 1 heteroatoms. The van der Waals surface area contributed by atoms with Crippen LogP contribution in [-0.4, -0.2) is 6.54 Å². The molecule has 0 bridgehead atoms. The van der Waals surface area contributed by atoms with Gasteiger partial charge < -0.3 is 5.32 Å². The lowest BCUT2D eigenvalue weighted by atomic mass is 9.77. The van der Waals surface area contributed by atoms with E-state index in [1.165, 1.54) is 16.8 Å². The van der Waals surface area contributed by atoms with Crippen LogP contribution in [0.1, 0.15) is 37.8 Å². The second-order valence-electron chi connectivity index (χ2n) is 5.39. The summed E-state index contributed by atoms with van der Waals surface area (Å²) in [4.78, 5) is 0. The molecule has 2 rings (SSSR count). The van der Waals surface area contributed by atoms with Crippen LogP contribution in [0.5, 0.6) is 0 Å². The maximum absolute atomic E-state index is 3.50. The highest BCUT2D eigenvalue weighted by Crippen LogP contribution is 2.42. The zero-order valence-corrected chi connectivity index (χ0v) is 9.52. The van der Waals surface area contributed by atoms with Gasteiger partial charge in [-0.2, -0.15) is 0 Å². The molecule has 0 spiro atoms. The van der Waals surface area contributed by atoms with Crippen molar-refractivity contribution < 1.29 is 0 Å². The molecule has 1 aromatic rings. The Morgan fingerprint density at radius 2 is 2.00 bits per heavy atom. The summed E-state index contributed by atoms with van der Waals surface area (Å²) < 4.78 is 0. The van der Waals surface area contributed by atoms with Gasteiger partial charge in [0, 0.05) is 18.2 Å². The summed E-state index contributed by atoms with van der Waals surface area (Å²) in [5.74, 6) is 0.651. The molecule has 0 aliphatic carbocycles. The van der Waals surface area contributed by atoms with Crippen LogP contribution >= 0.6 is 0 Å². The van der Waals surface area contributed by atoms with E-state index in [9.17, 15) is 0 Å². The van der Waals surface area contributed by atoms with Crippen LogP contribution in [-0.2, 0) is 0 Å². The Kier molecular flexibility index (Phi) is 2.06. The molecule has 1 atom stereocenters. The van der Waals surface area contributed by atoms with Crippen molar-refractivity contribution in [3.63, 3.8) is 0 Å². The molecule has 1 aliphatic heterocycles. The minimum Gasteiger partial charge on any atom is -0.384 e. The average Bonchev–Trinajstić information content (AvgIpc) is 2.45. The van der Waals surface area contributed by atoms with E-state index >= 15 is 0 Å². The van der Waals surface area contributed by atoms with Crippen molar-refractivity contribution in [3.05, 3.63) is 29.3 Å². The van der Waals surface area contributed by atoms with Crippen LogP contribution in [0.25, 0.3) is 0 Å². The number of aryl methyl sites for hydroxylation is 1. The van der Waals surface area contributed by atoms with Crippen LogP contribution < -0.4 is 5.32 Å². The van der Waals surface area contributed by atoms with E-state index < -0.39 is 0 Å². The number of fused-ring (bicyclic) bond motifs is 1. The molecule has 0 fully saturated rings. The van der Waals surface area contributed by atoms with Crippen molar-refractivity contribution in [1.29, 1.82) is 0 Å². The van der Waals surface area contributed by atoms with Gasteiger partial charge in [-0.1, -0.05) is 32.9 Å². The van der Waals surface area contributed by atoms with Gasteiger partial charge in [0.25, 0.3) is 0 Å². The van der Waals surface area contributed by atoms with Crippen molar-refractivity contribution in [2.24, 2.45) is 5.41 Å². The molecule has 0 saturated carbocycles. The quantitative estimate of drug-likeness (QED) is 0.658. The Morgan fingerprint density at radius 1 is 1.29 bits per heavy atom. The Bertz CT molecular complexity index is 347. The third-order valence-electron chi connectivity index (χ3n) is 3.13. The third-order valence-corrected chi connectivity index (χ3v) is 3.13. The minimum atomic E-state index is 0.355. The fourth-order valence-corrected chi connectivity index (χ4v) is 2.22. The molecule has 1 unspecified atom stereocenters. The van der Waals surface area contributed by atoms with Crippen LogP contribution in [0.15, 0.2) is 18.2 Å². The van der Waals surface area contributed by atoms with Crippen LogP contribution in [0.4, 0.5) is 5.69 Å². The van der Waals surface area contributed by atoms with Gasteiger partial charge in [-0.3, -0.25) is 0 Å². The largest absolute Gasteiger partial charge is 0.384 e. The van der Waals surface area contributed by atoms with Gasteiger partial charge in [0.1, 0.15) is 0 Å². The first-order chi connectivity index (χ1) is 6.48. The van der Waals surface area contributed by atoms with Crippen molar-refractivity contribution in [1.82, 2.24) is 0 Å². The first-order valence-corrected chi connectivity index (χ1v) is 5.33. The number of nitrogens with one attached hydrogen (secondary N) is 1. The summed E-state index contributed by atoms with van der Waals surface area (Å²) in [7, 11) is 0. The topological polar surface area (TPSA) is 12.0 Å². The van der Waals surface area contributed by atoms with Crippen LogP contribution in [0, 0.1) is 12.3 Å². The van der Waals surface area contributed by atoms with Crippen LogP contribution in [0.3, 0.4) is 0 Å². The Morgan fingerprint density at radius 3 is 2.64 bits per heavy atom. The third kappa shape index (κ3) is 1.52. The van der Waals surface area contributed by atoms with Gasteiger partial charge >= 0.3 is 0 Å². The fourth-order valence-electron chi connectivity index (χ4n) is 2.22. The van der Waals surface area contributed by atoms with Gasteiger partial charge in [0.15, 0.2) is 0 Å². The predicted octanol–water partition coefficient (Wildman–Crippen LogP) is 3.55. The number of hydrogen-bond acceptors (Lipinski definition) is 1. The first kappa shape index (κ1) is 9.57. The first-order valence-electron chi connectivity index (χ1n) is 5.33. The molecule has 0 amide bonds. The number of anilines is 1. The lowest BCUT2D eigenvalue weighted by Gasteiger charge is -2.26. The van der Waals surface area contributed by atoms with Gasteiger partial charge in [0.2, 0.25) is 0 Å². The van der Waals surface area contributed by atoms with E-state index in [1.54, 1.807) is 0 Å². The molecule has 1 N–H and O–H groups in total. The Hall–Kier alpha value is -0.980. The van der Waals surface area contributed by atoms with E-state index in [2.05, 4.69) is 51.2 Å². The molecular weight excluding hydrogens is 170 g/mol. The lowest BCUT2D eigenvalue weighted by Crippen LogP contribution is -2.19. The summed E-state index contributed by atoms with van der Waals surface area (Å²) in [5.41, 5.74) is 4.52. The highest BCUT2D eigenvalue weighted by molar-refractivity contribution is 5.59. The van der Waals surface area contributed by atoms with Gasteiger partial charge in [0.05, 0.1) is 0 Å². The highest BCUT2D eigenvalue weighted by atomic mass is 14.9. The summed E-state index contributed by atoms with van der Waals surface area (Å²) in [6, 6.07) is 6.74. The summed E-state index contributed by atoms with van der Waals surface area (Å²) >= 11 is 0. The van der Waals surface area contributed by atoms with E-state index in [-0.39, 0.29) is 0 Å². The summed E-state index contributed by atoms with van der Waals surface area (Å²) in [6.45, 7) is 10.2. The van der Waals surface area contributed by atoms with Crippen LogP contribution in [0.2, 0.25) is 0 Å². The zero-order chi connectivity index (χ0) is 10.3. The molecule has 1 nitrogen and oxygen atoms in total. The second-order valence-corrected chi connectivity index (χ2v) is 5.39. The van der Waals surface area contributed by atoms with Crippen molar-refractivity contribution in [2.45, 2.75) is 33.6 Å². The molecule has 14 heavy (non-hydrogen) atoms. The molecule has 0 radical (unpaired) electrons. The summed E-state index contributed by atoms with van der Waals surface area (Å²) in [6.07, 6.45) is 0. The predicted molar refractivity (Wildman–Crippen MR) is 61.9 cm³/mol. The number of rotatable bonds is 0.